The Morgan fingerprint density at radius 1 is 1.25 bits per heavy atom. The topological polar surface area (TPSA) is 104 Å². The van der Waals surface area contributed by atoms with E-state index in [1.165, 1.54) is 24.3 Å². The molecule has 0 aliphatic rings. The van der Waals surface area contributed by atoms with Gasteiger partial charge in [0.15, 0.2) is 0 Å². The molecule has 0 radical (unpaired) electrons. The summed E-state index contributed by atoms with van der Waals surface area (Å²) in [5.74, 6) is -1.86. The quantitative estimate of drug-likeness (QED) is 0.747. The number of sulfonamides is 1. The molecule has 0 spiro atoms. The summed E-state index contributed by atoms with van der Waals surface area (Å²) in [7, 11) is -5.75. The standard InChI is InChI=1S/C10H10F3NO5S/c11-10(12,13)20(18,19)14-8(9(16)17)5-6-1-3-7(15)4-2-6/h1-4,8,14-15H,5H2,(H,16,17). The van der Waals surface area contributed by atoms with Gasteiger partial charge in [0.2, 0.25) is 0 Å². The fourth-order valence-electron chi connectivity index (χ4n) is 1.30. The van der Waals surface area contributed by atoms with Gasteiger partial charge in [-0.2, -0.15) is 17.9 Å². The minimum absolute atomic E-state index is 0.114. The van der Waals surface area contributed by atoms with Crippen LogP contribution in [0.15, 0.2) is 24.3 Å². The number of alkyl halides is 3. The van der Waals surface area contributed by atoms with Gasteiger partial charge in [0.25, 0.3) is 0 Å². The predicted octanol–water partition coefficient (Wildman–Crippen LogP) is 0.827. The Balaban J connectivity index is 2.92. The molecule has 1 aromatic carbocycles. The minimum Gasteiger partial charge on any atom is -0.508 e. The normalized spacial score (nSPS) is 13.9. The summed E-state index contributed by atoms with van der Waals surface area (Å²) in [5.41, 5.74) is -5.34. The van der Waals surface area contributed by atoms with Gasteiger partial charge in [0.05, 0.1) is 0 Å². The molecule has 6 nitrogen and oxygen atoms in total. The third kappa shape index (κ3) is 4.10. The van der Waals surface area contributed by atoms with Gasteiger partial charge >= 0.3 is 21.5 Å². The predicted molar refractivity (Wildman–Crippen MR) is 61.3 cm³/mol. The van der Waals surface area contributed by atoms with Crippen molar-refractivity contribution in [1.82, 2.24) is 4.72 Å². The number of carbonyl (C=O) groups is 1. The monoisotopic (exact) mass is 313 g/mol. The van der Waals surface area contributed by atoms with Crippen molar-refractivity contribution in [2.75, 3.05) is 0 Å². The summed E-state index contributed by atoms with van der Waals surface area (Å²) in [4.78, 5) is 10.8. The average Bonchev–Trinajstić information content (AvgIpc) is 2.29. The molecule has 1 aromatic rings. The molecular formula is C10H10F3NO5S. The van der Waals surface area contributed by atoms with Gasteiger partial charge in [-0.05, 0) is 24.1 Å². The highest BCUT2D eigenvalue weighted by atomic mass is 32.2. The Kier molecular flexibility index (Phi) is 4.61. The number of aliphatic carboxylic acids is 1. The highest BCUT2D eigenvalue weighted by Gasteiger charge is 2.47. The zero-order valence-corrected chi connectivity index (χ0v) is 10.6. The Morgan fingerprint density at radius 3 is 2.15 bits per heavy atom. The second kappa shape index (κ2) is 5.67. The molecule has 0 amide bonds. The number of phenolic OH excluding ortho intramolecular Hbond substituents is 1. The van der Waals surface area contributed by atoms with Crippen molar-refractivity contribution < 1.29 is 36.6 Å². The molecule has 0 saturated carbocycles. The second-order valence-corrected chi connectivity index (χ2v) is 5.53. The van der Waals surface area contributed by atoms with Gasteiger partial charge in [0.1, 0.15) is 11.8 Å². The molecule has 1 unspecified atom stereocenters. The molecule has 0 aromatic heterocycles. The van der Waals surface area contributed by atoms with E-state index in [4.69, 9.17) is 10.2 Å². The number of benzene rings is 1. The van der Waals surface area contributed by atoms with Gasteiger partial charge < -0.3 is 10.2 Å². The molecule has 0 saturated heterocycles. The van der Waals surface area contributed by atoms with Crippen molar-refractivity contribution in [1.29, 1.82) is 0 Å². The van der Waals surface area contributed by atoms with Gasteiger partial charge in [-0.3, -0.25) is 4.79 Å². The lowest BCUT2D eigenvalue weighted by atomic mass is 10.1. The molecule has 112 valence electrons. The van der Waals surface area contributed by atoms with Crippen molar-refractivity contribution >= 4 is 16.0 Å². The molecule has 0 heterocycles. The molecule has 20 heavy (non-hydrogen) atoms. The molecule has 0 aliphatic heterocycles. The molecule has 3 N–H and O–H groups in total. The highest BCUT2D eigenvalue weighted by molar-refractivity contribution is 7.90. The van der Waals surface area contributed by atoms with Crippen LogP contribution in [0.4, 0.5) is 13.2 Å². The Morgan fingerprint density at radius 2 is 1.75 bits per heavy atom. The molecule has 1 atom stereocenters. The van der Waals surface area contributed by atoms with Crippen LogP contribution in [0.25, 0.3) is 0 Å². The van der Waals surface area contributed by atoms with Gasteiger partial charge in [-0.25, -0.2) is 8.42 Å². The van der Waals surface area contributed by atoms with Crippen molar-refractivity contribution in [3.63, 3.8) is 0 Å². The first-order chi connectivity index (χ1) is 9.03. The molecule has 0 fully saturated rings. The highest BCUT2D eigenvalue weighted by Crippen LogP contribution is 2.22. The maximum absolute atomic E-state index is 12.2. The van der Waals surface area contributed by atoms with Crippen molar-refractivity contribution in [3.8, 4) is 5.75 Å². The van der Waals surface area contributed by atoms with Crippen LogP contribution in [0.5, 0.6) is 5.75 Å². The van der Waals surface area contributed by atoms with E-state index < -0.39 is 34.0 Å². The summed E-state index contributed by atoms with van der Waals surface area (Å²) in [6.45, 7) is 0. The summed E-state index contributed by atoms with van der Waals surface area (Å²) in [6.07, 6.45) is -0.495. The van der Waals surface area contributed by atoms with Crippen LogP contribution in [0, 0.1) is 0 Å². The lowest BCUT2D eigenvalue weighted by molar-refractivity contribution is -0.139. The van der Waals surface area contributed by atoms with E-state index in [2.05, 4.69) is 0 Å². The van der Waals surface area contributed by atoms with Crippen LogP contribution in [0.2, 0.25) is 0 Å². The Hall–Kier alpha value is -1.81. The fraction of sp³-hybridized carbons (Fsp3) is 0.300. The first kappa shape index (κ1) is 16.2. The van der Waals surface area contributed by atoms with Crippen molar-refractivity contribution in [3.05, 3.63) is 29.8 Å². The SMILES string of the molecule is O=C(O)C(Cc1ccc(O)cc1)NS(=O)(=O)C(F)(F)F. The summed E-state index contributed by atoms with van der Waals surface area (Å²) in [5, 5.41) is 17.8. The maximum Gasteiger partial charge on any atom is 0.511 e. The van der Waals surface area contributed by atoms with Crippen LogP contribution in [-0.4, -0.2) is 36.2 Å². The van der Waals surface area contributed by atoms with Crippen molar-refractivity contribution in [2.24, 2.45) is 0 Å². The van der Waals surface area contributed by atoms with E-state index in [1.807, 2.05) is 0 Å². The number of aromatic hydroxyl groups is 1. The van der Waals surface area contributed by atoms with E-state index >= 15 is 0 Å². The first-order valence-corrected chi connectivity index (χ1v) is 6.60. The van der Waals surface area contributed by atoms with E-state index in [9.17, 15) is 26.4 Å². The number of halogens is 3. The smallest absolute Gasteiger partial charge is 0.508 e. The maximum atomic E-state index is 12.2. The van der Waals surface area contributed by atoms with E-state index in [0.717, 1.165) is 4.72 Å². The van der Waals surface area contributed by atoms with Gasteiger partial charge in [0, 0.05) is 0 Å². The van der Waals surface area contributed by atoms with E-state index in [-0.39, 0.29) is 11.3 Å². The lowest BCUT2D eigenvalue weighted by Crippen LogP contribution is -2.47. The third-order valence-electron chi connectivity index (χ3n) is 2.28. The minimum atomic E-state index is -5.75. The number of phenols is 1. The van der Waals surface area contributed by atoms with Gasteiger partial charge in [-0.15, -0.1) is 0 Å². The third-order valence-corrected chi connectivity index (χ3v) is 3.48. The van der Waals surface area contributed by atoms with Crippen LogP contribution < -0.4 is 4.72 Å². The number of carboxylic acids is 1. The lowest BCUT2D eigenvalue weighted by Gasteiger charge is -2.16. The number of nitrogens with one attached hydrogen (secondary N) is 1. The molecular weight excluding hydrogens is 303 g/mol. The number of rotatable bonds is 5. The number of hydrogen-bond acceptors (Lipinski definition) is 4. The average molecular weight is 313 g/mol. The Bertz CT molecular complexity index is 582. The van der Waals surface area contributed by atoms with Gasteiger partial charge in [-0.1, -0.05) is 12.1 Å². The summed E-state index contributed by atoms with van der Waals surface area (Å²) >= 11 is 0. The Labute approximate surface area is 111 Å². The van der Waals surface area contributed by atoms with E-state index in [0.29, 0.717) is 0 Å². The summed E-state index contributed by atoms with van der Waals surface area (Å²) in [6, 6.07) is 2.98. The first-order valence-electron chi connectivity index (χ1n) is 5.12. The van der Waals surface area contributed by atoms with Crippen molar-refractivity contribution in [2.45, 2.75) is 18.0 Å². The zero-order chi connectivity index (χ0) is 15.6. The van der Waals surface area contributed by atoms with Crippen LogP contribution >= 0.6 is 0 Å². The molecule has 0 aliphatic carbocycles. The molecule has 0 bridgehead atoms. The second-order valence-electron chi connectivity index (χ2n) is 3.83. The molecule has 10 heteroatoms. The van der Waals surface area contributed by atoms with Crippen LogP contribution in [0.1, 0.15) is 5.56 Å². The fourth-order valence-corrected chi connectivity index (χ4v) is 1.99. The van der Waals surface area contributed by atoms with Crippen LogP contribution in [-0.2, 0) is 21.2 Å². The molecule has 1 rings (SSSR count). The number of carboxylic acid groups (broad SMARTS) is 1. The zero-order valence-electron chi connectivity index (χ0n) is 9.76. The van der Waals surface area contributed by atoms with E-state index in [1.54, 1.807) is 0 Å². The largest absolute Gasteiger partial charge is 0.511 e. The summed E-state index contributed by atoms with van der Waals surface area (Å²) < 4.78 is 59.3. The van der Waals surface area contributed by atoms with Crippen LogP contribution in [0.3, 0.4) is 0 Å². The number of hydrogen-bond donors (Lipinski definition) is 3.